The van der Waals surface area contributed by atoms with Crippen molar-refractivity contribution < 1.29 is 0 Å². The summed E-state index contributed by atoms with van der Waals surface area (Å²) in [6, 6.07) is 2.17. The fourth-order valence-corrected chi connectivity index (χ4v) is 3.51. The number of thioether (sulfide) groups is 1. The van der Waals surface area contributed by atoms with Gasteiger partial charge in [-0.15, -0.1) is 11.3 Å². The molecule has 0 aliphatic rings. The lowest BCUT2D eigenvalue weighted by molar-refractivity contribution is 0.840. The number of hydrogen-bond donors (Lipinski definition) is 1. The van der Waals surface area contributed by atoms with Gasteiger partial charge in [0, 0.05) is 11.4 Å². The molecule has 2 rings (SSSR count). The number of thiophene rings is 1. The number of unbranched alkanes of at least 4 members (excludes halogenated alkanes) is 1. The lowest BCUT2D eigenvalue weighted by Crippen LogP contribution is -2.04. The maximum atomic E-state index is 5.98. The summed E-state index contributed by atoms with van der Waals surface area (Å²) in [4.78, 5) is 10.9. The van der Waals surface area contributed by atoms with Crippen LogP contribution in [-0.2, 0) is 6.42 Å². The Labute approximate surface area is 127 Å². The summed E-state index contributed by atoms with van der Waals surface area (Å²) in [7, 11) is 0. The minimum Gasteiger partial charge on any atom is -0.369 e. The van der Waals surface area contributed by atoms with Crippen LogP contribution in [0.2, 0.25) is 5.28 Å². The highest BCUT2D eigenvalue weighted by molar-refractivity contribution is 7.98. The second-order valence-electron chi connectivity index (χ2n) is 4.25. The van der Waals surface area contributed by atoms with Gasteiger partial charge < -0.3 is 5.32 Å². The van der Waals surface area contributed by atoms with E-state index >= 15 is 0 Å². The van der Waals surface area contributed by atoms with Gasteiger partial charge in [0.25, 0.3) is 0 Å². The molecule has 0 bridgehead atoms. The number of halogens is 1. The van der Waals surface area contributed by atoms with E-state index in [1.54, 1.807) is 11.3 Å². The van der Waals surface area contributed by atoms with Crippen molar-refractivity contribution >= 4 is 50.7 Å². The first-order valence-corrected chi connectivity index (χ1v) is 9.02. The Kier molecular flexibility index (Phi) is 5.73. The third-order valence-electron chi connectivity index (χ3n) is 2.83. The molecule has 0 saturated carbocycles. The van der Waals surface area contributed by atoms with E-state index in [1.807, 2.05) is 11.8 Å². The van der Waals surface area contributed by atoms with Gasteiger partial charge in [-0.25, -0.2) is 9.97 Å². The Morgan fingerprint density at radius 2 is 2.21 bits per heavy atom. The van der Waals surface area contributed by atoms with Crippen molar-refractivity contribution in [2.75, 3.05) is 23.9 Å². The molecule has 6 heteroatoms. The Bertz CT molecular complexity index is 542. The average Bonchev–Trinajstić information content (AvgIpc) is 2.81. The Balaban J connectivity index is 2.10. The summed E-state index contributed by atoms with van der Waals surface area (Å²) < 4.78 is 0. The molecule has 2 heterocycles. The molecule has 0 aliphatic carbocycles. The Hall–Kier alpha value is -0.520. The van der Waals surface area contributed by atoms with Crippen molar-refractivity contribution in [3.63, 3.8) is 0 Å². The molecular formula is C13H18ClN3S2. The van der Waals surface area contributed by atoms with Crippen LogP contribution in [0.4, 0.5) is 5.82 Å². The molecule has 0 atom stereocenters. The van der Waals surface area contributed by atoms with Gasteiger partial charge >= 0.3 is 0 Å². The molecule has 0 unspecified atom stereocenters. The van der Waals surface area contributed by atoms with Crippen molar-refractivity contribution in [2.45, 2.75) is 26.2 Å². The Morgan fingerprint density at radius 3 is 2.95 bits per heavy atom. The van der Waals surface area contributed by atoms with Crippen LogP contribution in [0, 0.1) is 0 Å². The van der Waals surface area contributed by atoms with Gasteiger partial charge in [-0.1, -0.05) is 6.92 Å². The molecule has 0 aromatic carbocycles. The third kappa shape index (κ3) is 3.97. The van der Waals surface area contributed by atoms with Gasteiger partial charge in [-0.3, -0.25) is 0 Å². The predicted octanol–water partition coefficient (Wildman–Crippen LogP) is 4.46. The van der Waals surface area contributed by atoms with Crippen LogP contribution in [0.15, 0.2) is 6.07 Å². The SMILES string of the molecule is CCc1cc2c(NCCCCSC)nc(Cl)nc2s1. The fourth-order valence-electron chi connectivity index (χ4n) is 1.83. The van der Waals surface area contributed by atoms with Crippen LogP contribution in [0.3, 0.4) is 0 Å². The summed E-state index contributed by atoms with van der Waals surface area (Å²) in [6.45, 7) is 3.08. The van der Waals surface area contributed by atoms with E-state index in [1.165, 1.54) is 17.1 Å². The summed E-state index contributed by atoms with van der Waals surface area (Å²) >= 11 is 9.56. The second-order valence-corrected chi connectivity index (χ2v) is 6.69. The minimum atomic E-state index is 0.323. The van der Waals surface area contributed by atoms with E-state index in [0.717, 1.165) is 35.4 Å². The number of aryl methyl sites for hydroxylation is 1. The van der Waals surface area contributed by atoms with E-state index in [-0.39, 0.29) is 0 Å². The molecule has 0 amide bonds. The van der Waals surface area contributed by atoms with Crippen molar-refractivity contribution in [3.05, 3.63) is 16.2 Å². The molecule has 2 aromatic rings. The topological polar surface area (TPSA) is 37.8 Å². The molecule has 0 aliphatic heterocycles. The van der Waals surface area contributed by atoms with Gasteiger partial charge in [0.15, 0.2) is 0 Å². The van der Waals surface area contributed by atoms with Gasteiger partial charge in [0.05, 0.1) is 5.39 Å². The summed E-state index contributed by atoms with van der Waals surface area (Å²) in [5.41, 5.74) is 0. The smallest absolute Gasteiger partial charge is 0.225 e. The van der Waals surface area contributed by atoms with E-state index < -0.39 is 0 Å². The van der Waals surface area contributed by atoms with Crippen LogP contribution < -0.4 is 5.32 Å². The molecule has 0 radical (unpaired) electrons. The molecule has 0 fully saturated rings. The van der Waals surface area contributed by atoms with Crippen molar-refractivity contribution in [3.8, 4) is 0 Å². The number of anilines is 1. The standard InChI is InChI=1S/C13H18ClN3S2/c1-3-9-8-10-11(15-6-4-5-7-18-2)16-13(14)17-12(10)19-9/h8H,3-7H2,1-2H3,(H,15,16,17). The molecule has 0 saturated heterocycles. The predicted molar refractivity (Wildman–Crippen MR) is 87.9 cm³/mol. The summed E-state index contributed by atoms with van der Waals surface area (Å²) in [5, 5.41) is 4.80. The lowest BCUT2D eigenvalue weighted by Gasteiger charge is -2.06. The number of nitrogens with zero attached hydrogens (tertiary/aromatic N) is 2. The quantitative estimate of drug-likeness (QED) is 0.604. The zero-order valence-electron chi connectivity index (χ0n) is 11.2. The highest BCUT2D eigenvalue weighted by Crippen LogP contribution is 2.30. The molecule has 2 aromatic heterocycles. The van der Waals surface area contributed by atoms with Crippen LogP contribution in [-0.4, -0.2) is 28.5 Å². The Morgan fingerprint density at radius 1 is 1.37 bits per heavy atom. The fraction of sp³-hybridized carbons (Fsp3) is 0.538. The number of hydrogen-bond acceptors (Lipinski definition) is 5. The molecule has 104 valence electrons. The largest absolute Gasteiger partial charge is 0.369 e. The number of fused-ring (bicyclic) bond motifs is 1. The van der Waals surface area contributed by atoms with Crippen LogP contribution in [0.5, 0.6) is 0 Å². The van der Waals surface area contributed by atoms with E-state index in [9.17, 15) is 0 Å². The highest BCUT2D eigenvalue weighted by atomic mass is 35.5. The first-order valence-electron chi connectivity index (χ1n) is 6.43. The first-order chi connectivity index (χ1) is 9.24. The normalized spacial score (nSPS) is 11.1. The summed E-state index contributed by atoms with van der Waals surface area (Å²) in [6.07, 6.45) is 5.53. The monoisotopic (exact) mass is 315 g/mol. The number of nitrogens with one attached hydrogen (secondary N) is 1. The van der Waals surface area contributed by atoms with E-state index in [0.29, 0.717) is 5.28 Å². The first kappa shape index (κ1) is 14.9. The number of rotatable bonds is 7. The van der Waals surface area contributed by atoms with Gasteiger partial charge in [-0.2, -0.15) is 11.8 Å². The average molecular weight is 316 g/mol. The van der Waals surface area contributed by atoms with Gasteiger partial charge in [-0.05, 0) is 48.9 Å². The molecular weight excluding hydrogens is 298 g/mol. The second kappa shape index (κ2) is 7.31. The zero-order valence-corrected chi connectivity index (χ0v) is 13.6. The van der Waals surface area contributed by atoms with Crippen molar-refractivity contribution in [1.29, 1.82) is 0 Å². The van der Waals surface area contributed by atoms with Crippen LogP contribution in [0.25, 0.3) is 10.2 Å². The number of aromatic nitrogens is 2. The zero-order chi connectivity index (χ0) is 13.7. The maximum absolute atomic E-state index is 5.98. The molecule has 1 N–H and O–H groups in total. The van der Waals surface area contributed by atoms with E-state index in [4.69, 9.17) is 11.6 Å². The minimum absolute atomic E-state index is 0.323. The van der Waals surface area contributed by atoms with Crippen molar-refractivity contribution in [1.82, 2.24) is 9.97 Å². The maximum Gasteiger partial charge on any atom is 0.225 e. The third-order valence-corrected chi connectivity index (χ3v) is 4.87. The molecule has 0 spiro atoms. The lowest BCUT2D eigenvalue weighted by atomic mass is 10.3. The molecule has 19 heavy (non-hydrogen) atoms. The molecule has 3 nitrogen and oxygen atoms in total. The van der Waals surface area contributed by atoms with Gasteiger partial charge in [0.2, 0.25) is 5.28 Å². The van der Waals surface area contributed by atoms with Crippen LogP contribution >= 0.6 is 34.7 Å². The van der Waals surface area contributed by atoms with E-state index in [2.05, 4.69) is 34.5 Å². The van der Waals surface area contributed by atoms with Crippen LogP contribution in [0.1, 0.15) is 24.6 Å². The van der Waals surface area contributed by atoms with Gasteiger partial charge in [0.1, 0.15) is 10.6 Å². The highest BCUT2D eigenvalue weighted by Gasteiger charge is 2.10. The van der Waals surface area contributed by atoms with Crippen molar-refractivity contribution in [2.24, 2.45) is 0 Å². The summed E-state index contributed by atoms with van der Waals surface area (Å²) in [5.74, 6) is 2.08.